The summed E-state index contributed by atoms with van der Waals surface area (Å²) < 4.78 is 0. The van der Waals surface area contributed by atoms with Crippen LogP contribution in [0, 0.1) is 5.41 Å². The van der Waals surface area contributed by atoms with Gasteiger partial charge in [-0.15, -0.1) is 0 Å². The van der Waals surface area contributed by atoms with Crippen LogP contribution >= 0.6 is 0 Å². The molecule has 4 heteroatoms. The fourth-order valence-corrected chi connectivity index (χ4v) is 2.73. The van der Waals surface area contributed by atoms with E-state index in [0.717, 1.165) is 12.4 Å². The highest BCUT2D eigenvalue weighted by atomic mass is 15.2. The summed E-state index contributed by atoms with van der Waals surface area (Å²) in [6.07, 6.45) is 7.78. The van der Waals surface area contributed by atoms with Crippen molar-refractivity contribution in [2.45, 2.75) is 32.7 Å². The van der Waals surface area contributed by atoms with E-state index < -0.39 is 0 Å². The molecule has 2 rings (SSSR count). The van der Waals surface area contributed by atoms with Crippen molar-refractivity contribution in [1.29, 1.82) is 0 Å². The highest BCUT2D eigenvalue weighted by Gasteiger charge is 2.35. The Morgan fingerprint density at radius 3 is 2.94 bits per heavy atom. The SMILES string of the molecule is CN1CCCC(C)(C)[C@H]1CNc1cnccn1. The molecular weight excluding hydrogens is 212 g/mol. The number of hydrogen-bond donors (Lipinski definition) is 1. The van der Waals surface area contributed by atoms with Crippen molar-refractivity contribution < 1.29 is 0 Å². The Hall–Kier alpha value is -1.16. The minimum Gasteiger partial charge on any atom is -0.367 e. The van der Waals surface area contributed by atoms with Crippen molar-refractivity contribution in [3.63, 3.8) is 0 Å². The van der Waals surface area contributed by atoms with Gasteiger partial charge in [0.25, 0.3) is 0 Å². The van der Waals surface area contributed by atoms with Gasteiger partial charge < -0.3 is 10.2 Å². The zero-order valence-corrected chi connectivity index (χ0v) is 11.0. The molecule has 2 heterocycles. The largest absolute Gasteiger partial charge is 0.367 e. The van der Waals surface area contributed by atoms with Gasteiger partial charge >= 0.3 is 0 Å². The minimum absolute atomic E-state index is 0.363. The Kier molecular flexibility index (Phi) is 3.62. The Balaban J connectivity index is 1.97. The Morgan fingerprint density at radius 2 is 2.29 bits per heavy atom. The van der Waals surface area contributed by atoms with E-state index in [9.17, 15) is 0 Å². The van der Waals surface area contributed by atoms with Crippen molar-refractivity contribution in [3.05, 3.63) is 18.6 Å². The van der Waals surface area contributed by atoms with Gasteiger partial charge in [0.15, 0.2) is 0 Å². The van der Waals surface area contributed by atoms with Crippen molar-refractivity contribution in [2.75, 3.05) is 25.5 Å². The number of aromatic nitrogens is 2. The molecule has 0 aliphatic carbocycles. The lowest BCUT2D eigenvalue weighted by molar-refractivity contribution is 0.0671. The Labute approximate surface area is 103 Å². The minimum atomic E-state index is 0.363. The molecular formula is C13H22N4. The molecule has 0 unspecified atom stereocenters. The summed E-state index contributed by atoms with van der Waals surface area (Å²) in [6, 6.07) is 0.554. The van der Waals surface area contributed by atoms with Crippen LogP contribution in [-0.2, 0) is 0 Å². The van der Waals surface area contributed by atoms with E-state index in [4.69, 9.17) is 0 Å². The molecule has 17 heavy (non-hydrogen) atoms. The molecule has 0 spiro atoms. The summed E-state index contributed by atoms with van der Waals surface area (Å²) in [5, 5.41) is 3.39. The third-order valence-corrected chi connectivity index (χ3v) is 3.81. The molecule has 1 aliphatic heterocycles. The molecule has 0 amide bonds. The lowest BCUT2D eigenvalue weighted by Gasteiger charge is -2.45. The van der Waals surface area contributed by atoms with Gasteiger partial charge in [0.05, 0.1) is 6.20 Å². The molecule has 1 aliphatic rings. The van der Waals surface area contributed by atoms with Gasteiger partial charge in [0.1, 0.15) is 5.82 Å². The summed E-state index contributed by atoms with van der Waals surface area (Å²) in [5.74, 6) is 0.863. The zero-order chi connectivity index (χ0) is 12.3. The molecule has 0 saturated carbocycles. The molecule has 1 aromatic heterocycles. The fraction of sp³-hybridized carbons (Fsp3) is 0.692. The summed E-state index contributed by atoms with van der Waals surface area (Å²) in [5.41, 5.74) is 0.363. The summed E-state index contributed by atoms with van der Waals surface area (Å²) in [6.45, 7) is 6.83. The Morgan fingerprint density at radius 1 is 1.47 bits per heavy atom. The number of hydrogen-bond acceptors (Lipinski definition) is 4. The molecule has 94 valence electrons. The molecule has 0 radical (unpaired) electrons. The number of nitrogens with one attached hydrogen (secondary N) is 1. The first-order valence-electron chi connectivity index (χ1n) is 6.30. The normalized spacial score (nSPS) is 24.5. The van der Waals surface area contributed by atoms with Crippen molar-refractivity contribution >= 4 is 5.82 Å². The van der Waals surface area contributed by atoms with Gasteiger partial charge in [0, 0.05) is 25.0 Å². The zero-order valence-electron chi connectivity index (χ0n) is 11.0. The molecule has 1 fully saturated rings. The predicted octanol–water partition coefficient (Wildman–Crippen LogP) is 2.01. The lowest BCUT2D eigenvalue weighted by atomic mass is 9.76. The van der Waals surface area contributed by atoms with Gasteiger partial charge in [-0.05, 0) is 31.8 Å². The monoisotopic (exact) mass is 234 g/mol. The number of rotatable bonds is 3. The average Bonchev–Trinajstić information content (AvgIpc) is 2.29. The van der Waals surface area contributed by atoms with Crippen LogP contribution in [0.3, 0.4) is 0 Å². The topological polar surface area (TPSA) is 41.0 Å². The molecule has 0 bridgehead atoms. The van der Waals surface area contributed by atoms with E-state index in [1.165, 1.54) is 19.4 Å². The first-order valence-corrected chi connectivity index (χ1v) is 6.30. The molecule has 1 aromatic rings. The number of likely N-dealkylation sites (N-methyl/N-ethyl adjacent to an activating group) is 1. The molecule has 1 N–H and O–H groups in total. The first kappa shape index (κ1) is 12.3. The number of anilines is 1. The average molecular weight is 234 g/mol. The summed E-state index contributed by atoms with van der Waals surface area (Å²) >= 11 is 0. The van der Waals surface area contributed by atoms with Gasteiger partial charge in [-0.25, -0.2) is 4.98 Å². The van der Waals surface area contributed by atoms with E-state index in [1.54, 1.807) is 18.6 Å². The first-order chi connectivity index (χ1) is 8.09. The van der Waals surface area contributed by atoms with Crippen LogP contribution < -0.4 is 5.32 Å². The van der Waals surface area contributed by atoms with E-state index in [0.29, 0.717) is 11.5 Å². The van der Waals surface area contributed by atoms with Crippen molar-refractivity contribution in [1.82, 2.24) is 14.9 Å². The third-order valence-electron chi connectivity index (χ3n) is 3.81. The molecule has 0 aromatic carbocycles. The maximum Gasteiger partial charge on any atom is 0.144 e. The maximum absolute atomic E-state index is 4.24. The van der Waals surface area contributed by atoms with E-state index >= 15 is 0 Å². The smallest absolute Gasteiger partial charge is 0.144 e. The highest BCUT2D eigenvalue weighted by Crippen LogP contribution is 2.34. The highest BCUT2D eigenvalue weighted by molar-refractivity contribution is 5.30. The molecule has 4 nitrogen and oxygen atoms in total. The van der Waals surface area contributed by atoms with Crippen LogP contribution in [0.25, 0.3) is 0 Å². The standard InChI is InChI=1S/C13H22N4/c1-13(2)5-4-8-17(3)11(13)9-16-12-10-14-6-7-15-12/h6-7,10-11H,4-5,8-9H2,1-3H3,(H,15,16)/t11-/m1/s1. The van der Waals surface area contributed by atoms with Crippen LogP contribution in [0.15, 0.2) is 18.6 Å². The molecule has 1 atom stereocenters. The van der Waals surface area contributed by atoms with Gasteiger partial charge in [-0.3, -0.25) is 4.98 Å². The van der Waals surface area contributed by atoms with Crippen LogP contribution in [0.1, 0.15) is 26.7 Å². The van der Waals surface area contributed by atoms with E-state index in [-0.39, 0.29) is 0 Å². The third kappa shape index (κ3) is 2.94. The summed E-state index contributed by atoms with van der Waals surface area (Å²) in [7, 11) is 2.21. The van der Waals surface area contributed by atoms with Crippen LogP contribution in [0.5, 0.6) is 0 Å². The molecule has 1 saturated heterocycles. The summed E-state index contributed by atoms with van der Waals surface area (Å²) in [4.78, 5) is 10.8. The predicted molar refractivity (Wildman–Crippen MR) is 70.0 cm³/mol. The number of nitrogens with zero attached hydrogens (tertiary/aromatic N) is 3. The lowest BCUT2D eigenvalue weighted by Crippen LogP contribution is -2.51. The quantitative estimate of drug-likeness (QED) is 0.868. The van der Waals surface area contributed by atoms with Crippen molar-refractivity contribution in [3.8, 4) is 0 Å². The Bertz CT molecular complexity index is 350. The second-order valence-electron chi connectivity index (χ2n) is 5.56. The fourth-order valence-electron chi connectivity index (χ4n) is 2.73. The van der Waals surface area contributed by atoms with Crippen molar-refractivity contribution in [2.24, 2.45) is 5.41 Å². The number of piperidine rings is 1. The van der Waals surface area contributed by atoms with E-state index in [1.807, 2.05) is 0 Å². The van der Waals surface area contributed by atoms with Gasteiger partial charge in [-0.1, -0.05) is 13.8 Å². The number of likely N-dealkylation sites (tertiary alicyclic amines) is 1. The van der Waals surface area contributed by atoms with Gasteiger partial charge in [-0.2, -0.15) is 0 Å². The maximum atomic E-state index is 4.24. The second kappa shape index (κ2) is 5.00. The van der Waals surface area contributed by atoms with Crippen LogP contribution in [0.2, 0.25) is 0 Å². The second-order valence-corrected chi connectivity index (χ2v) is 5.56. The van der Waals surface area contributed by atoms with E-state index in [2.05, 4.69) is 41.1 Å². The van der Waals surface area contributed by atoms with Crippen LogP contribution in [0.4, 0.5) is 5.82 Å². The van der Waals surface area contributed by atoms with Crippen LogP contribution in [-0.4, -0.2) is 41.0 Å². The van der Waals surface area contributed by atoms with Gasteiger partial charge in [0.2, 0.25) is 0 Å².